The first kappa shape index (κ1) is 16.6. The first-order chi connectivity index (χ1) is 11.4. The number of nitrogens with zero attached hydrogens (tertiary/aromatic N) is 3. The topological polar surface area (TPSA) is 95.6 Å². The van der Waals surface area contributed by atoms with E-state index >= 15 is 0 Å². The molecule has 1 aromatic carbocycles. The molecule has 2 aromatic rings. The molecule has 24 heavy (non-hydrogen) atoms. The zero-order valence-electron chi connectivity index (χ0n) is 13.0. The third kappa shape index (κ3) is 2.59. The number of fused-ring (bicyclic) bond motifs is 1. The van der Waals surface area contributed by atoms with Crippen molar-refractivity contribution in [1.29, 1.82) is 0 Å². The lowest BCUT2D eigenvalue weighted by molar-refractivity contribution is 0.0596. The number of carbonyl (C=O) groups excluding carboxylic acids is 1. The second-order valence-electron chi connectivity index (χ2n) is 5.24. The Morgan fingerprint density at radius 2 is 2.08 bits per heavy atom. The molecular formula is C14H15ClN4O4S. The average Bonchev–Trinajstić information content (AvgIpc) is 3.04. The maximum absolute atomic E-state index is 13.1. The number of aromatic amines is 1. The third-order valence-electron chi connectivity index (χ3n) is 3.81. The number of rotatable bonds is 3. The van der Waals surface area contributed by atoms with Gasteiger partial charge < -0.3 is 9.64 Å². The summed E-state index contributed by atoms with van der Waals surface area (Å²) >= 11 is 6.03. The van der Waals surface area contributed by atoms with Gasteiger partial charge in [0, 0.05) is 18.6 Å². The van der Waals surface area contributed by atoms with E-state index in [2.05, 4.69) is 14.9 Å². The molecule has 3 rings (SSSR count). The van der Waals surface area contributed by atoms with Crippen molar-refractivity contribution in [2.24, 2.45) is 0 Å². The minimum Gasteiger partial charge on any atom is -0.465 e. The van der Waals surface area contributed by atoms with Gasteiger partial charge in [-0.1, -0.05) is 11.6 Å². The van der Waals surface area contributed by atoms with Crippen LogP contribution < -0.4 is 9.21 Å². The highest BCUT2D eigenvalue weighted by molar-refractivity contribution is 7.92. The van der Waals surface area contributed by atoms with E-state index in [9.17, 15) is 13.2 Å². The molecule has 0 radical (unpaired) electrons. The quantitative estimate of drug-likeness (QED) is 0.822. The molecule has 1 aromatic heterocycles. The number of nitrogens with one attached hydrogen (secondary N) is 1. The molecule has 1 N–H and O–H groups in total. The summed E-state index contributed by atoms with van der Waals surface area (Å²) in [5, 5.41) is 6.18. The molecule has 0 aliphatic carbocycles. The van der Waals surface area contributed by atoms with Gasteiger partial charge in [-0.3, -0.25) is 9.40 Å². The number of carbonyl (C=O) groups is 1. The first-order valence-electron chi connectivity index (χ1n) is 7.01. The van der Waals surface area contributed by atoms with Crippen molar-refractivity contribution in [1.82, 2.24) is 10.2 Å². The van der Waals surface area contributed by atoms with Crippen LogP contribution in [0, 0.1) is 0 Å². The maximum Gasteiger partial charge on any atom is 0.342 e. The highest BCUT2D eigenvalue weighted by atomic mass is 35.5. The Morgan fingerprint density at radius 3 is 2.79 bits per heavy atom. The normalized spacial score (nSPS) is 14.5. The molecule has 0 saturated carbocycles. The Kier molecular flexibility index (Phi) is 4.14. The zero-order valence-corrected chi connectivity index (χ0v) is 14.6. The molecule has 10 heteroatoms. The largest absolute Gasteiger partial charge is 0.465 e. The lowest BCUT2D eigenvalue weighted by atomic mass is 10.2. The lowest BCUT2D eigenvalue weighted by Gasteiger charge is -2.36. The molecule has 1 aliphatic rings. The predicted octanol–water partition coefficient (Wildman–Crippen LogP) is 1.49. The van der Waals surface area contributed by atoms with Crippen LogP contribution in [-0.2, 0) is 14.8 Å². The fourth-order valence-electron chi connectivity index (χ4n) is 2.59. The number of aromatic nitrogens is 2. The van der Waals surface area contributed by atoms with Crippen molar-refractivity contribution in [3.8, 4) is 0 Å². The Hall–Kier alpha value is -2.26. The molecule has 0 amide bonds. The van der Waals surface area contributed by atoms with Crippen LogP contribution in [0.15, 0.2) is 29.4 Å². The summed E-state index contributed by atoms with van der Waals surface area (Å²) in [6.07, 6.45) is 1.13. The number of benzene rings is 1. The van der Waals surface area contributed by atoms with Crippen LogP contribution in [0.5, 0.6) is 0 Å². The van der Waals surface area contributed by atoms with Gasteiger partial charge >= 0.3 is 5.97 Å². The number of methoxy groups -OCH3 is 1. The van der Waals surface area contributed by atoms with Crippen molar-refractivity contribution in [2.45, 2.75) is 5.03 Å². The van der Waals surface area contributed by atoms with Gasteiger partial charge in [0.2, 0.25) is 0 Å². The minimum atomic E-state index is -4.03. The number of halogens is 1. The van der Waals surface area contributed by atoms with Crippen LogP contribution in [0.3, 0.4) is 0 Å². The van der Waals surface area contributed by atoms with Gasteiger partial charge in [-0.2, -0.15) is 13.5 Å². The SMILES string of the molecule is COC(=O)c1cn[nH]c1S(=O)(=O)N1CCN(C)c2ccc(Cl)cc21. The summed E-state index contributed by atoms with van der Waals surface area (Å²) in [4.78, 5) is 13.7. The average molecular weight is 371 g/mol. The highest BCUT2D eigenvalue weighted by Crippen LogP contribution is 2.37. The van der Waals surface area contributed by atoms with Gasteiger partial charge in [0.15, 0.2) is 5.03 Å². The molecule has 0 spiro atoms. The number of anilines is 2. The molecule has 0 atom stereocenters. The van der Waals surface area contributed by atoms with E-state index < -0.39 is 16.0 Å². The summed E-state index contributed by atoms with van der Waals surface area (Å²) in [5.74, 6) is -0.775. The molecule has 8 nitrogen and oxygen atoms in total. The predicted molar refractivity (Wildman–Crippen MR) is 89.2 cm³/mol. The summed E-state index contributed by atoms with van der Waals surface area (Å²) in [7, 11) is -0.984. The molecule has 2 heterocycles. The summed E-state index contributed by atoms with van der Waals surface area (Å²) in [6.45, 7) is 0.710. The third-order valence-corrected chi connectivity index (χ3v) is 5.84. The van der Waals surface area contributed by atoms with Crippen molar-refractivity contribution >= 4 is 39.0 Å². The molecular weight excluding hydrogens is 356 g/mol. The number of ether oxygens (including phenoxy) is 1. The Morgan fingerprint density at radius 1 is 1.33 bits per heavy atom. The van der Waals surface area contributed by atoms with Gasteiger partial charge in [0.1, 0.15) is 5.56 Å². The van der Waals surface area contributed by atoms with E-state index in [1.54, 1.807) is 18.2 Å². The number of H-pyrrole nitrogens is 1. The van der Waals surface area contributed by atoms with Gasteiger partial charge in [-0.15, -0.1) is 0 Å². The van der Waals surface area contributed by atoms with Crippen LogP contribution >= 0.6 is 11.6 Å². The Balaban J connectivity index is 2.13. The summed E-state index contributed by atoms with van der Waals surface area (Å²) in [5.41, 5.74) is 1.04. The van der Waals surface area contributed by atoms with Crippen molar-refractivity contribution in [2.75, 3.05) is 36.5 Å². The number of likely N-dealkylation sites (N-methyl/N-ethyl adjacent to an activating group) is 1. The molecule has 0 fully saturated rings. The van der Waals surface area contributed by atoms with Crippen molar-refractivity contribution in [3.05, 3.63) is 35.0 Å². The van der Waals surface area contributed by atoms with Crippen molar-refractivity contribution < 1.29 is 17.9 Å². The number of esters is 1. The van der Waals surface area contributed by atoms with Crippen LogP contribution in [0.4, 0.5) is 11.4 Å². The van der Waals surface area contributed by atoms with Gasteiger partial charge in [0.25, 0.3) is 10.0 Å². The van der Waals surface area contributed by atoms with Crippen molar-refractivity contribution in [3.63, 3.8) is 0 Å². The van der Waals surface area contributed by atoms with Gasteiger partial charge in [-0.05, 0) is 18.2 Å². The number of hydrogen-bond donors (Lipinski definition) is 1. The molecule has 0 unspecified atom stereocenters. The fraction of sp³-hybridized carbons (Fsp3) is 0.286. The number of sulfonamides is 1. The van der Waals surface area contributed by atoms with E-state index in [1.807, 2.05) is 11.9 Å². The highest BCUT2D eigenvalue weighted by Gasteiger charge is 2.35. The summed E-state index contributed by atoms with van der Waals surface area (Å²) in [6, 6.07) is 5.04. The fourth-order valence-corrected chi connectivity index (χ4v) is 4.28. The lowest BCUT2D eigenvalue weighted by Crippen LogP contribution is -2.43. The Labute approximate surface area is 144 Å². The standard InChI is InChI=1S/C14H15ClN4O4S/c1-18-5-6-19(12-7-9(15)3-4-11(12)18)24(21,22)13-10(8-16-17-13)14(20)23-2/h3-4,7-8H,5-6H2,1-2H3,(H,16,17). The van der Waals surface area contributed by atoms with Crippen LogP contribution in [0.25, 0.3) is 0 Å². The van der Waals surface area contributed by atoms with E-state index in [0.717, 1.165) is 11.9 Å². The van der Waals surface area contributed by atoms with E-state index in [1.165, 1.54) is 11.4 Å². The van der Waals surface area contributed by atoms with Gasteiger partial charge in [0.05, 0.1) is 31.2 Å². The smallest absolute Gasteiger partial charge is 0.342 e. The maximum atomic E-state index is 13.1. The monoisotopic (exact) mass is 370 g/mol. The minimum absolute atomic E-state index is 0.139. The van der Waals surface area contributed by atoms with Crippen LogP contribution in [0.1, 0.15) is 10.4 Å². The number of hydrogen-bond acceptors (Lipinski definition) is 6. The van der Waals surface area contributed by atoms with E-state index in [-0.39, 0.29) is 17.1 Å². The Bertz CT molecular complexity index is 896. The van der Waals surface area contributed by atoms with E-state index in [0.29, 0.717) is 17.3 Å². The second-order valence-corrected chi connectivity index (χ2v) is 7.47. The molecule has 0 saturated heterocycles. The molecule has 128 valence electrons. The zero-order chi connectivity index (χ0) is 17.5. The van der Waals surface area contributed by atoms with Crippen LogP contribution in [-0.4, -0.2) is 51.8 Å². The summed E-state index contributed by atoms with van der Waals surface area (Å²) < 4.78 is 31.9. The molecule has 1 aliphatic heterocycles. The van der Waals surface area contributed by atoms with Crippen LogP contribution in [0.2, 0.25) is 5.02 Å². The van der Waals surface area contributed by atoms with Gasteiger partial charge in [-0.25, -0.2) is 4.79 Å². The van der Waals surface area contributed by atoms with E-state index in [4.69, 9.17) is 11.6 Å². The first-order valence-corrected chi connectivity index (χ1v) is 8.83. The second kappa shape index (κ2) is 5.99. The molecule has 0 bridgehead atoms.